The zero-order valence-corrected chi connectivity index (χ0v) is 17.7. The number of nitrogens with two attached hydrogens (primary N) is 1. The molecule has 3 heterocycles. The van der Waals surface area contributed by atoms with Crippen molar-refractivity contribution in [3.63, 3.8) is 0 Å². The summed E-state index contributed by atoms with van der Waals surface area (Å²) < 4.78 is 6.56. The Morgan fingerprint density at radius 1 is 1.52 bits per heavy atom. The van der Waals surface area contributed by atoms with E-state index in [-0.39, 0.29) is 12.1 Å². The van der Waals surface area contributed by atoms with Gasteiger partial charge in [0.15, 0.2) is 5.82 Å². The van der Waals surface area contributed by atoms with Crippen LogP contribution >= 0.6 is 15.9 Å². The van der Waals surface area contributed by atoms with Gasteiger partial charge in [-0.25, -0.2) is 9.97 Å². The predicted molar refractivity (Wildman–Crippen MR) is 119 cm³/mol. The minimum atomic E-state index is -0.299. The number of aliphatic imine (C=N–C) groups is 2. The highest BCUT2D eigenvalue weighted by Crippen LogP contribution is 2.27. The van der Waals surface area contributed by atoms with Crippen LogP contribution in [0.4, 0.5) is 5.82 Å². The lowest BCUT2D eigenvalue weighted by Crippen LogP contribution is -2.51. The molecule has 0 saturated carbocycles. The first-order chi connectivity index (χ1) is 14.1. The Morgan fingerprint density at radius 2 is 2.34 bits per heavy atom. The molecule has 0 amide bonds. The molecule has 2 atom stereocenters. The number of aromatic nitrogens is 2. The summed E-state index contributed by atoms with van der Waals surface area (Å²) >= 11 is 3.39. The standard InChI is InChI=1S/C19H23BrN8O/c1-13-18(14(9-21)10-22)29-8-7-28(13)17-3-4-25-19(26-17)15(11-23-2)27-6-5-24-16(20)12-27/h3-5,9-13,18,21H,2,6-8,22H2,1H3/b14-10+,15-11-,21-9?. The second-order valence-corrected chi connectivity index (χ2v) is 7.20. The van der Waals surface area contributed by atoms with Crippen LogP contribution in [0.1, 0.15) is 12.7 Å². The molecule has 1 aromatic heterocycles. The van der Waals surface area contributed by atoms with E-state index < -0.39 is 0 Å². The fraction of sp³-hybridized carbons (Fsp3) is 0.316. The maximum atomic E-state index is 7.58. The van der Waals surface area contributed by atoms with Crippen molar-refractivity contribution in [3.8, 4) is 0 Å². The summed E-state index contributed by atoms with van der Waals surface area (Å²) in [6.07, 6.45) is 9.34. The van der Waals surface area contributed by atoms with Crippen LogP contribution in [0.2, 0.25) is 0 Å². The molecule has 0 radical (unpaired) electrons. The summed E-state index contributed by atoms with van der Waals surface area (Å²) in [5, 5.41) is 7.58. The second-order valence-electron chi connectivity index (χ2n) is 6.39. The van der Waals surface area contributed by atoms with E-state index in [2.05, 4.69) is 42.5 Å². The van der Waals surface area contributed by atoms with Crippen molar-refractivity contribution in [1.82, 2.24) is 14.9 Å². The van der Waals surface area contributed by atoms with Gasteiger partial charge in [0, 0.05) is 43.1 Å². The van der Waals surface area contributed by atoms with E-state index in [1.807, 2.05) is 24.1 Å². The molecular formula is C19H23BrN8O. The zero-order chi connectivity index (χ0) is 20.8. The summed E-state index contributed by atoms with van der Waals surface area (Å²) in [4.78, 5) is 21.4. The molecule has 2 unspecified atom stereocenters. The van der Waals surface area contributed by atoms with Gasteiger partial charge < -0.3 is 25.7 Å². The van der Waals surface area contributed by atoms with Crippen molar-refractivity contribution in [2.75, 3.05) is 24.6 Å². The Hall–Kier alpha value is -2.85. The first-order valence-electron chi connectivity index (χ1n) is 9.05. The van der Waals surface area contributed by atoms with Gasteiger partial charge in [0.1, 0.15) is 22.2 Å². The van der Waals surface area contributed by atoms with Gasteiger partial charge in [-0.3, -0.25) is 9.98 Å². The van der Waals surface area contributed by atoms with E-state index >= 15 is 0 Å². The van der Waals surface area contributed by atoms with Crippen LogP contribution in [0.15, 0.2) is 51.0 Å². The highest BCUT2D eigenvalue weighted by molar-refractivity contribution is 9.11. The highest BCUT2D eigenvalue weighted by Gasteiger charge is 2.32. The van der Waals surface area contributed by atoms with Crippen molar-refractivity contribution in [2.24, 2.45) is 15.7 Å². The monoisotopic (exact) mass is 458 g/mol. The minimum absolute atomic E-state index is 0.0518. The molecule has 0 bridgehead atoms. The molecule has 2 aliphatic rings. The fourth-order valence-corrected chi connectivity index (χ4v) is 3.68. The molecule has 0 aliphatic carbocycles. The lowest BCUT2D eigenvalue weighted by Gasteiger charge is -2.40. The van der Waals surface area contributed by atoms with E-state index in [0.717, 1.165) is 5.82 Å². The van der Waals surface area contributed by atoms with Gasteiger partial charge in [0.2, 0.25) is 0 Å². The molecule has 3 rings (SSSR count). The predicted octanol–water partition coefficient (Wildman–Crippen LogP) is 2.14. The topological polar surface area (TPSA) is 116 Å². The number of rotatable bonds is 6. The molecule has 3 N–H and O–H groups in total. The molecule has 1 aromatic rings. The number of nitrogens with one attached hydrogen (secondary N) is 1. The van der Waals surface area contributed by atoms with Crippen molar-refractivity contribution in [2.45, 2.75) is 19.1 Å². The SMILES string of the molecule is C=N/C=C(/c1nccc(N2CCOC(/C(C=N)=C/N)C2C)n1)N1C=C(Br)N=CC1. The Bertz CT molecular complexity index is 894. The largest absolute Gasteiger partial charge is 0.404 e. The van der Waals surface area contributed by atoms with Crippen molar-refractivity contribution < 1.29 is 4.74 Å². The van der Waals surface area contributed by atoms with E-state index in [1.54, 1.807) is 18.6 Å². The summed E-state index contributed by atoms with van der Waals surface area (Å²) in [5.74, 6) is 1.29. The number of hydrogen-bond donors (Lipinski definition) is 2. The van der Waals surface area contributed by atoms with Crippen LogP contribution in [0, 0.1) is 5.41 Å². The lowest BCUT2D eigenvalue weighted by molar-refractivity contribution is 0.0429. The molecule has 0 spiro atoms. The molecule has 9 nitrogen and oxygen atoms in total. The number of ether oxygens (including phenoxy) is 1. The van der Waals surface area contributed by atoms with E-state index in [9.17, 15) is 0 Å². The molecule has 0 aromatic carbocycles. The average Bonchev–Trinajstić information content (AvgIpc) is 2.74. The minimum Gasteiger partial charge on any atom is -0.404 e. The molecule has 1 saturated heterocycles. The van der Waals surface area contributed by atoms with Gasteiger partial charge >= 0.3 is 0 Å². The molecular weight excluding hydrogens is 436 g/mol. The summed E-state index contributed by atoms with van der Waals surface area (Å²) in [6.45, 7) is 7.35. The normalized spacial score (nSPS) is 23.0. The van der Waals surface area contributed by atoms with Crippen LogP contribution in [0.3, 0.4) is 0 Å². The van der Waals surface area contributed by atoms with Gasteiger partial charge in [-0.15, -0.1) is 0 Å². The quantitative estimate of drug-likeness (QED) is 0.498. The molecule has 1 fully saturated rings. The molecule has 10 heteroatoms. The van der Waals surface area contributed by atoms with Gasteiger partial charge in [-0.05, 0) is 35.6 Å². The third kappa shape index (κ3) is 4.60. The maximum Gasteiger partial charge on any atom is 0.179 e. The second kappa shape index (κ2) is 9.57. The number of anilines is 1. The fourth-order valence-electron chi connectivity index (χ4n) is 3.29. The Labute approximate surface area is 178 Å². The van der Waals surface area contributed by atoms with E-state index in [0.29, 0.717) is 41.4 Å². The summed E-state index contributed by atoms with van der Waals surface area (Å²) in [7, 11) is 0. The van der Waals surface area contributed by atoms with E-state index in [4.69, 9.17) is 20.9 Å². The highest BCUT2D eigenvalue weighted by atomic mass is 79.9. The van der Waals surface area contributed by atoms with Gasteiger partial charge in [0.25, 0.3) is 0 Å². The van der Waals surface area contributed by atoms with Gasteiger partial charge in [0.05, 0.1) is 25.4 Å². The average molecular weight is 459 g/mol. The van der Waals surface area contributed by atoms with Crippen molar-refractivity contribution in [3.05, 3.63) is 46.9 Å². The first-order valence-corrected chi connectivity index (χ1v) is 9.84. The first kappa shape index (κ1) is 20.9. The molecule has 2 aliphatic heterocycles. The zero-order valence-electron chi connectivity index (χ0n) is 16.1. The Morgan fingerprint density at radius 3 is 3.03 bits per heavy atom. The molecule has 29 heavy (non-hydrogen) atoms. The number of morpholine rings is 1. The summed E-state index contributed by atoms with van der Waals surface area (Å²) in [6, 6.07) is 1.81. The Kier molecular flexibility index (Phi) is 6.89. The van der Waals surface area contributed by atoms with Gasteiger partial charge in [-0.2, -0.15) is 0 Å². The number of nitrogens with zero attached hydrogens (tertiary/aromatic N) is 6. The van der Waals surface area contributed by atoms with E-state index in [1.165, 1.54) is 12.4 Å². The third-order valence-electron chi connectivity index (χ3n) is 4.69. The van der Waals surface area contributed by atoms with Gasteiger partial charge in [-0.1, -0.05) is 0 Å². The van der Waals surface area contributed by atoms with Crippen LogP contribution in [-0.2, 0) is 4.74 Å². The van der Waals surface area contributed by atoms with Crippen LogP contribution in [-0.4, -0.2) is 65.9 Å². The van der Waals surface area contributed by atoms with Crippen molar-refractivity contribution in [1.29, 1.82) is 5.41 Å². The Balaban J connectivity index is 1.92. The smallest absolute Gasteiger partial charge is 0.179 e. The summed E-state index contributed by atoms with van der Waals surface area (Å²) in [5.41, 5.74) is 7.01. The third-order valence-corrected chi connectivity index (χ3v) is 5.10. The van der Waals surface area contributed by atoms with Crippen LogP contribution in [0.5, 0.6) is 0 Å². The van der Waals surface area contributed by atoms with Crippen molar-refractivity contribution >= 4 is 46.6 Å². The number of halogens is 1. The van der Waals surface area contributed by atoms with Crippen LogP contribution in [0.25, 0.3) is 5.70 Å². The number of hydrogen-bond acceptors (Lipinski definition) is 9. The maximum absolute atomic E-state index is 7.58. The lowest BCUT2D eigenvalue weighted by atomic mass is 10.0. The van der Waals surface area contributed by atoms with Crippen LogP contribution < -0.4 is 10.6 Å². The molecule has 152 valence electrons.